The molecule has 2 fully saturated rings. The monoisotopic (exact) mass is 375 g/mol. The molecule has 0 aromatic heterocycles. The fourth-order valence-corrected chi connectivity index (χ4v) is 4.74. The lowest BCUT2D eigenvalue weighted by Gasteiger charge is -2.32. The summed E-state index contributed by atoms with van der Waals surface area (Å²) in [5.41, 5.74) is 0.787. The Morgan fingerprint density at radius 1 is 1.33 bits per heavy atom. The van der Waals surface area contributed by atoms with E-state index in [-0.39, 0.29) is 18.7 Å². The number of nitrogens with zero attached hydrogens (tertiary/aromatic N) is 2. The second-order valence-electron chi connectivity index (χ2n) is 7.78. The van der Waals surface area contributed by atoms with Crippen LogP contribution in [-0.4, -0.2) is 73.0 Å². The standard InChI is InChI=1S/C21H33N3O3/c1-3-16-12-24(21(26)22-17-8-5-4-6-9-17)20(14-25)19(16)13-23-11-7-10-18(23)15-27-2/h4-6,8-9,16,18-20,25H,3,7,10-15H2,1-2H3,(H,22,26)/t16-,18-,19-,20-/m1/s1. The van der Waals surface area contributed by atoms with E-state index in [4.69, 9.17) is 4.74 Å². The smallest absolute Gasteiger partial charge is 0.322 e. The maximum atomic E-state index is 12.9. The number of aliphatic hydroxyl groups excluding tert-OH is 1. The Morgan fingerprint density at radius 2 is 2.11 bits per heavy atom. The summed E-state index contributed by atoms with van der Waals surface area (Å²) >= 11 is 0. The number of aliphatic hydroxyl groups is 1. The van der Waals surface area contributed by atoms with E-state index < -0.39 is 0 Å². The van der Waals surface area contributed by atoms with Crippen LogP contribution in [0.4, 0.5) is 10.5 Å². The van der Waals surface area contributed by atoms with Crippen molar-refractivity contribution in [2.75, 3.05) is 45.3 Å². The normalized spacial score (nSPS) is 28.6. The minimum atomic E-state index is -0.137. The number of carbonyl (C=O) groups is 1. The zero-order chi connectivity index (χ0) is 19.2. The van der Waals surface area contributed by atoms with Gasteiger partial charge in [0.05, 0.1) is 19.3 Å². The number of carbonyl (C=O) groups excluding carboxylic acids is 1. The lowest BCUT2D eigenvalue weighted by Crippen LogP contribution is -2.46. The molecule has 2 aliphatic heterocycles. The Hall–Kier alpha value is -1.63. The van der Waals surface area contributed by atoms with Gasteiger partial charge in [-0.25, -0.2) is 4.79 Å². The Bertz CT molecular complexity index is 598. The van der Waals surface area contributed by atoms with Crippen LogP contribution in [0.1, 0.15) is 26.2 Å². The molecule has 0 aliphatic carbocycles. The molecule has 0 unspecified atom stereocenters. The predicted molar refractivity (Wildman–Crippen MR) is 107 cm³/mol. The van der Waals surface area contributed by atoms with Gasteiger partial charge >= 0.3 is 6.03 Å². The molecule has 6 nitrogen and oxygen atoms in total. The van der Waals surface area contributed by atoms with Crippen LogP contribution in [0, 0.1) is 11.8 Å². The van der Waals surface area contributed by atoms with Gasteiger partial charge in [0.25, 0.3) is 0 Å². The third-order valence-corrected chi connectivity index (χ3v) is 6.23. The number of likely N-dealkylation sites (tertiary alicyclic amines) is 2. The molecule has 0 bridgehead atoms. The number of rotatable bonds is 7. The van der Waals surface area contributed by atoms with Crippen molar-refractivity contribution in [2.24, 2.45) is 11.8 Å². The number of anilines is 1. The minimum absolute atomic E-state index is 0.00611. The largest absolute Gasteiger partial charge is 0.394 e. The fourth-order valence-electron chi connectivity index (χ4n) is 4.74. The molecule has 0 saturated carbocycles. The zero-order valence-corrected chi connectivity index (χ0v) is 16.5. The van der Waals surface area contributed by atoms with Gasteiger partial charge in [0.15, 0.2) is 0 Å². The third-order valence-electron chi connectivity index (χ3n) is 6.23. The number of para-hydroxylation sites is 1. The number of ether oxygens (including phenoxy) is 1. The highest BCUT2D eigenvalue weighted by Crippen LogP contribution is 2.35. The van der Waals surface area contributed by atoms with E-state index in [9.17, 15) is 9.90 Å². The van der Waals surface area contributed by atoms with Gasteiger partial charge in [0.2, 0.25) is 0 Å². The zero-order valence-electron chi connectivity index (χ0n) is 16.5. The molecule has 2 N–H and O–H groups in total. The van der Waals surface area contributed by atoms with Crippen LogP contribution in [0.5, 0.6) is 0 Å². The highest BCUT2D eigenvalue weighted by molar-refractivity contribution is 5.89. The predicted octanol–water partition coefficient (Wildman–Crippen LogP) is 2.65. The molecule has 4 atom stereocenters. The summed E-state index contributed by atoms with van der Waals surface area (Å²) in [6, 6.07) is 9.72. The van der Waals surface area contributed by atoms with Crippen LogP contribution in [0.25, 0.3) is 0 Å². The average Bonchev–Trinajstić information content (AvgIpc) is 3.27. The van der Waals surface area contributed by atoms with E-state index in [1.807, 2.05) is 35.2 Å². The number of nitrogens with one attached hydrogen (secondary N) is 1. The average molecular weight is 376 g/mol. The molecule has 0 radical (unpaired) electrons. The van der Waals surface area contributed by atoms with Gasteiger partial charge < -0.3 is 20.1 Å². The highest BCUT2D eigenvalue weighted by atomic mass is 16.5. The minimum Gasteiger partial charge on any atom is -0.394 e. The first-order valence-corrected chi connectivity index (χ1v) is 10.1. The van der Waals surface area contributed by atoms with Crippen molar-refractivity contribution in [1.82, 2.24) is 9.80 Å². The summed E-state index contributed by atoms with van der Waals surface area (Å²) in [7, 11) is 1.76. The second-order valence-corrected chi connectivity index (χ2v) is 7.78. The summed E-state index contributed by atoms with van der Waals surface area (Å²) in [4.78, 5) is 17.2. The maximum Gasteiger partial charge on any atom is 0.322 e. The third kappa shape index (κ3) is 4.62. The van der Waals surface area contributed by atoms with Gasteiger partial charge in [-0.1, -0.05) is 31.5 Å². The van der Waals surface area contributed by atoms with Crippen molar-refractivity contribution in [3.8, 4) is 0 Å². The van der Waals surface area contributed by atoms with Gasteiger partial charge in [-0.15, -0.1) is 0 Å². The number of hydrogen-bond donors (Lipinski definition) is 2. The topological polar surface area (TPSA) is 65.0 Å². The van der Waals surface area contributed by atoms with Crippen LogP contribution in [0.2, 0.25) is 0 Å². The van der Waals surface area contributed by atoms with Gasteiger partial charge in [-0.2, -0.15) is 0 Å². The van der Waals surface area contributed by atoms with Gasteiger partial charge in [0.1, 0.15) is 0 Å². The first-order chi connectivity index (χ1) is 13.2. The van der Waals surface area contributed by atoms with Crippen LogP contribution < -0.4 is 5.32 Å². The van der Waals surface area contributed by atoms with Crippen LogP contribution >= 0.6 is 0 Å². The summed E-state index contributed by atoms with van der Waals surface area (Å²) < 4.78 is 5.39. The molecule has 27 heavy (non-hydrogen) atoms. The Morgan fingerprint density at radius 3 is 2.78 bits per heavy atom. The van der Waals surface area contributed by atoms with E-state index in [0.717, 1.165) is 31.8 Å². The van der Waals surface area contributed by atoms with Crippen molar-refractivity contribution in [3.63, 3.8) is 0 Å². The van der Waals surface area contributed by atoms with E-state index in [0.29, 0.717) is 24.4 Å². The first kappa shape index (κ1) is 20.1. The highest BCUT2D eigenvalue weighted by Gasteiger charge is 2.44. The van der Waals surface area contributed by atoms with Crippen LogP contribution in [0.15, 0.2) is 30.3 Å². The summed E-state index contributed by atoms with van der Waals surface area (Å²) in [6.45, 7) is 5.65. The summed E-state index contributed by atoms with van der Waals surface area (Å²) in [5.74, 6) is 0.700. The summed E-state index contributed by atoms with van der Waals surface area (Å²) in [6.07, 6.45) is 3.37. The second kappa shape index (κ2) is 9.53. The molecule has 1 aromatic rings. The van der Waals surface area contributed by atoms with Crippen molar-refractivity contribution < 1.29 is 14.6 Å². The quantitative estimate of drug-likeness (QED) is 0.769. The van der Waals surface area contributed by atoms with E-state index in [1.54, 1.807) is 7.11 Å². The van der Waals surface area contributed by atoms with Gasteiger partial charge in [-0.3, -0.25) is 4.90 Å². The van der Waals surface area contributed by atoms with Gasteiger partial charge in [0, 0.05) is 31.9 Å². The Kier molecular flexibility index (Phi) is 7.10. The maximum absolute atomic E-state index is 12.9. The molecule has 2 heterocycles. The lowest BCUT2D eigenvalue weighted by atomic mass is 9.88. The SMILES string of the molecule is CC[C@@H]1CN(C(=O)Nc2ccccc2)[C@H](CO)[C@@H]1CN1CCC[C@@H]1COC. The van der Waals surface area contributed by atoms with Crippen molar-refractivity contribution in [2.45, 2.75) is 38.3 Å². The number of amides is 2. The fraction of sp³-hybridized carbons (Fsp3) is 0.667. The molecule has 1 aromatic carbocycles. The van der Waals surface area contributed by atoms with E-state index in [1.165, 1.54) is 12.8 Å². The molecule has 3 rings (SSSR count). The molecule has 150 valence electrons. The van der Waals surface area contributed by atoms with Crippen molar-refractivity contribution in [1.29, 1.82) is 0 Å². The molecule has 2 aliphatic rings. The van der Waals surface area contributed by atoms with Gasteiger partial charge in [-0.05, 0) is 43.4 Å². The number of urea groups is 1. The van der Waals surface area contributed by atoms with Crippen LogP contribution in [-0.2, 0) is 4.74 Å². The van der Waals surface area contributed by atoms with Crippen molar-refractivity contribution >= 4 is 11.7 Å². The Labute approximate surface area is 162 Å². The van der Waals surface area contributed by atoms with E-state index in [2.05, 4.69) is 17.1 Å². The lowest BCUT2D eigenvalue weighted by molar-refractivity contribution is 0.0839. The molecular weight excluding hydrogens is 342 g/mol. The molecule has 2 amide bonds. The van der Waals surface area contributed by atoms with E-state index >= 15 is 0 Å². The summed E-state index contributed by atoms with van der Waals surface area (Å²) in [5, 5.41) is 13.1. The molecule has 6 heteroatoms. The molecular formula is C21H33N3O3. The number of hydrogen-bond acceptors (Lipinski definition) is 4. The van der Waals surface area contributed by atoms with Crippen LogP contribution in [0.3, 0.4) is 0 Å². The Balaban J connectivity index is 1.69. The molecule has 0 spiro atoms. The number of methoxy groups -OCH3 is 1. The number of benzene rings is 1. The van der Waals surface area contributed by atoms with Crippen molar-refractivity contribution in [3.05, 3.63) is 30.3 Å². The first-order valence-electron chi connectivity index (χ1n) is 10.1. The molecule has 2 saturated heterocycles.